The lowest BCUT2D eigenvalue weighted by Gasteiger charge is -2.37. The lowest BCUT2D eigenvalue weighted by atomic mass is 9.71. The van der Waals surface area contributed by atoms with E-state index in [1.165, 1.54) is 12.8 Å². The molecule has 1 amide bonds. The van der Waals surface area contributed by atoms with Crippen LogP contribution in [-0.2, 0) is 10.2 Å². The van der Waals surface area contributed by atoms with Crippen LogP contribution in [0.3, 0.4) is 0 Å². The van der Waals surface area contributed by atoms with Crippen molar-refractivity contribution in [3.63, 3.8) is 0 Å². The van der Waals surface area contributed by atoms with E-state index in [1.54, 1.807) is 0 Å². The van der Waals surface area contributed by atoms with E-state index in [2.05, 4.69) is 52.9 Å². The number of rotatable bonds is 4. The van der Waals surface area contributed by atoms with Crippen molar-refractivity contribution >= 4 is 5.91 Å². The highest BCUT2D eigenvalue weighted by Gasteiger charge is 2.30. The molecule has 3 nitrogen and oxygen atoms in total. The molecule has 0 aromatic heterocycles. The van der Waals surface area contributed by atoms with Crippen LogP contribution < -0.4 is 10.1 Å². The van der Waals surface area contributed by atoms with Crippen molar-refractivity contribution < 1.29 is 9.53 Å². The van der Waals surface area contributed by atoms with Gasteiger partial charge in [-0.25, -0.2) is 0 Å². The van der Waals surface area contributed by atoms with Crippen LogP contribution in [0.2, 0.25) is 0 Å². The molecule has 25 heavy (non-hydrogen) atoms. The molecule has 1 aromatic rings. The molecule has 2 rings (SSSR count). The zero-order chi connectivity index (χ0) is 18.7. The van der Waals surface area contributed by atoms with Crippen LogP contribution in [0.4, 0.5) is 0 Å². The second kappa shape index (κ2) is 7.80. The fraction of sp³-hybridized carbons (Fsp3) is 0.682. The van der Waals surface area contributed by atoms with E-state index in [-0.39, 0.29) is 17.9 Å². The molecule has 1 aliphatic carbocycles. The van der Waals surface area contributed by atoms with Gasteiger partial charge in [0.15, 0.2) is 6.61 Å². The molecule has 3 heteroatoms. The Hall–Kier alpha value is -1.51. The number of carbonyl (C=O) groups excluding carboxylic acids is 1. The highest BCUT2D eigenvalue weighted by atomic mass is 16.5. The number of ether oxygens (including phenoxy) is 1. The molecule has 0 aliphatic heterocycles. The monoisotopic (exact) mass is 345 g/mol. The van der Waals surface area contributed by atoms with Crippen LogP contribution in [0.1, 0.15) is 72.8 Å². The normalized spacial score (nSPS) is 21.7. The summed E-state index contributed by atoms with van der Waals surface area (Å²) >= 11 is 0. The molecule has 1 N–H and O–H groups in total. The van der Waals surface area contributed by atoms with Crippen LogP contribution in [-0.4, -0.2) is 18.6 Å². The number of nitrogens with one attached hydrogen (secondary N) is 1. The highest BCUT2D eigenvalue weighted by molar-refractivity contribution is 5.77. The Bertz CT molecular complexity index is 572. The number of hydrogen-bond donors (Lipinski definition) is 1. The Balaban J connectivity index is 1.83. The summed E-state index contributed by atoms with van der Waals surface area (Å²) in [5.41, 5.74) is 1.50. The van der Waals surface area contributed by atoms with Crippen molar-refractivity contribution in [2.45, 2.75) is 78.7 Å². The second-order valence-corrected chi connectivity index (χ2v) is 9.52. The minimum atomic E-state index is -0.0112. The molecule has 1 fully saturated rings. The van der Waals surface area contributed by atoms with Crippen LogP contribution in [0.5, 0.6) is 5.75 Å². The standard InChI is InChI=1S/C22H35NO2/c1-21(2,3)16-11-13-17(14-12-16)23-20(24)15-25-19-10-8-7-9-18(19)22(4,5)6/h7-10,16-17H,11-15H2,1-6H3,(H,23,24). The number of amides is 1. The van der Waals surface area contributed by atoms with Gasteiger partial charge in [0.1, 0.15) is 5.75 Å². The van der Waals surface area contributed by atoms with Crippen LogP contribution >= 0.6 is 0 Å². The molecular formula is C22H35NO2. The minimum Gasteiger partial charge on any atom is -0.483 e. The second-order valence-electron chi connectivity index (χ2n) is 9.52. The predicted octanol–water partition coefficient (Wildman–Crippen LogP) is 5.08. The van der Waals surface area contributed by atoms with E-state index in [4.69, 9.17) is 4.74 Å². The van der Waals surface area contributed by atoms with Crippen molar-refractivity contribution in [1.82, 2.24) is 5.32 Å². The molecule has 0 unspecified atom stereocenters. The van der Waals surface area contributed by atoms with Gasteiger partial charge in [0, 0.05) is 6.04 Å². The van der Waals surface area contributed by atoms with Crippen LogP contribution in [0.15, 0.2) is 24.3 Å². The maximum atomic E-state index is 12.3. The third kappa shape index (κ3) is 5.76. The first-order valence-electron chi connectivity index (χ1n) is 9.59. The van der Waals surface area contributed by atoms with Gasteiger partial charge in [-0.3, -0.25) is 4.79 Å². The Morgan fingerprint density at radius 3 is 2.20 bits per heavy atom. The van der Waals surface area contributed by atoms with Gasteiger partial charge < -0.3 is 10.1 Å². The Kier molecular flexibility index (Phi) is 6.18. The predicted molar refractivity (Wildman–Crippen MR) is 104 cm³/mol. The first kappa shape index (κ1) is 19.8. The Labute approximate surface area is 153 Å². The van der Waals surface area contributed by atoms with Crippen LogP contribution in [0.25, 0.3) is 0 Å². The lowest BCUT2D eigenvalue weighted by Crippen LogP contribution is -2.41. The average Bonchev–Trinajstić information content (AvgIpc) is 2.52. The van der Waals surface area contributed by atoms with E-state index in [0.717, 1.165) is 30.1 Å². The van der Waals surface area contributed by atoms with Gasteiger partial charge in [0.25, 0.3) is 5.91 Å². The number of para-hydroxylation sites is 1. The summed E-state index contributed by atoms with van der Waals surface area (Å²) in [6, 6.07) is 8.29. The van der Waals surface area contributed by atoms with Gasteiger partial charge in [-0.1, -0.05) is 59.7 Å². The van der Waals surface area contributed by atoms with E-state index in [9.17, 15) is 4.79 Å². The molecule has 1 saturated carbocycles. The molecule has 0 saturated heterocycles. The van der Waals surface area contributed by atoms with E-state index >= 15 is 0 Å². The Morgan fingerprint density at radius 2 is 1.64 bits per heavy atom. The lowest BCUT2D eigenvalue weighted by molar-refractivity contribution is -0.124. The van der Waals surface area contributed by atoms with E-state index in [0.29, 0.717) is 11.5 Å². The van der Waals surface area contributed by atoms with Gasteiger partial charge in [-0.2, -0.15) is 0 Å². The first-order valence-corrected chi connectivity index (χ1v) is 9.59. The van der Waals surface area contributed by atoms with Gasteiger partial charge in [0.05, 0.1) is 0 Å². The van der Waals surface area contributed by atoms with Crippen molar-refractivity contribution in [3.8, 4) is 5.75 Å². The first-order chi connectivity index (χ1) is 11.6. The summed E-state index contributed by atoms with van der Waals surface area (Å²) in [5.74, 6) is 1.56. The third-order valence-electron chi connectivity index (χ3n) is 5.37. The number of hydrogen-bond acceptors (Lipinski definition) is 2. The zero-order valence-electron chi connectivity index (χ0n) is 16.8. The molecule has 140 valence electrons. The maximum Gasteiger partial charge on any atom is 0.258 e. The fourth-order valence-electron chi connectivity index (χ4n) is 3.73. The molecule has 0 radical (unpaired) electrons. The largest absolute Gasteiger partial charge is 0.483 e. The number of benzene rings is 1. The van der Waals surface area contributed by atoms with Crippen molar-refractivity contribution in [3.05, 3.63) is 29.8 Å². The summed E-state index contributed by atoms with van der Waals surface area (Å²) in [6.07, 6.45) is 4.54. The van der Waals surface area contributed by atoms with Gasteiger partial charge in [-0.15, -0.1) is 0 Å². The van der Waals surface area contributed by atoms with Gasteiger partial charge >= 0.3 is 0 Å². The highest BCUT2D eigenvalue weighted by Crippen LogP contribution is 2.37. The van der Waals surface area contributed by atoms with Crippen molar-refractivity contribution in [1.29, 1.82) is 0 Å². The molecule has 0 heterocycles. The minimum absolute atomic E-state index is 0.00158. The van der Waals surface area contributed by atoms with Crippen molar-refractivity contribution in [2.75, 3.05) is 6.61 Å². The van der Waals surface area contributed by atoms with Gasteiger partial charge in [-0.05, 0) is 54.1 Å². The molecule has 0 bridgehead atoms. The smallest absolute Gasteiger partial charge is 0.258 e. The average molecular weight is 346 g/mol. The fourth-order valence-corrected chi connectivity index (χ4v) is 3.73. The molecular weight excluding hydrogens is 310 g/mol. The van der Waals surface area contributed by atoms with E-state index < -0.39 is 0 Å². The molecule has 1 aromatic carbocycles. The van der Waals surface area contributed by atoms with E-state index in [1.807, 2.05) is 18.2 Å². The molecule has 0 spiro atoms. The van der Waals surface area contributed by atoms with Gasteiger partial charge in [0.2, 0.25) is 0 Å². The van der Waals surface area contributed by atoms with Crippen LogP contribution in [0, 0.1) is 11.3 Å². The summed E-state index contributed by atoms with van der Waals surface area (Å²) in [6.45, 7) is 13.5. The van der Waals surface area contributed by atoms with Crippen molar-refractivity contribution in [2.24, 2.45) is 11.3 Å². The zero-order valence-corrected chi connectivity index (χ0v) is 16.8. The maximum absolute atomic E-state index is 12.3. The number of carbonyl (C=O) groups is 1. The molecule has 1 aliphatic rings. The summed E-state index contributed by atoms with van der Waals surface area (Å²) in [7, 11) is 0. The SMILES string of the molecule is CC(C)(C)c1ccccc1OCC(=O)NC1CCC(C(C)(C)C)CC1. The summed E-state index contributed by atoms with van der Waals surface area (Å²) in [4.78, 5) is 12.3. The third-order valence-corrected chi connectivity index (χ3v) is 5.37. The topological polar surface area (TPSA) is 38.3 Å². The summed E-state index contributed by atoms with van der Waals surface area (Å²) in [5, 5.41) is 3.16. The molecule has 0 atom stereocenters. The Morgan fingerprint density at radius 1 is 1.04 bits per heavy atom. The summed E-state index contributed by atoms with van der Waals surface area (Å²) < 4.78 is 5.83. The quantitative estimate of drug-likeness (QED) is 0.826.